The Morgan fingerprint density at radius 3 is 2.24 bits per heavy atom. The summed E-state index contributed by atoms with van der Waals surface area (Å²) in [5.41, 5.74) is -0.562. The second-order valence-corrected chi connectivity index (χ2v) is 7.51. The van der Waals surface area contributed by atoms with Gasteiger partial charge in [-0.3, -0.25) is 0 Å². The highest BCUT2D eigenvalue weighted by Crippen LogP contribution is 2.21. The molecule has 1 heterocycles. The summed E-state index contributed by atoms with van der Waals surface area (Å²) in [4.78, 5) is 13.0. The first-order chi connectivity index (χ1) is 7.50. The van der Waals surface area contributed by atoms with E-state index < -0.39 is 20.9 Å². The minimum absolute atomic E-state index is 0.182. The van der Waals surface area contributed by atoms with Gasteiger partial charge in [0.2, 0.25) is 0 Å². The van der Waals surface area contributed by atoms with E-state index in [9.17, 15) is 13.2 Å². The first-order valence-electron chi connectivity index (χ1n) is 5.16. The SMILES string of the molecule is CN(C(=O)OC(C)(C)C)C1CN(S(=O)(=O)Cl)C1. The summed E-state index contributed by atoms with van der Waals surface area (Å²) in [5.74, 6) is 0. The molecule has 0 atom stereocenters. The minimum atomic E-state index is -3.67. The first kappa shape index (κ1) is 14.5. The van der Waals surface area contributed by atoms with Crippen LogP contribution >= 0.6 is 10.7 Å². The molecule has 0 saturated carbocycles. The number of carbonyl (C=O) groups excluding carboxylic acids is 1. The Morgan fingerprint density at radius 1 is 1.41 bits per heavy atom. The van der Waals surface area contributed by atoms with Crippen LogP contribution in [0.3, 0.4) is 0 Å². The molecular formula is C9H17ClN2O4S. The number of hydrogen-bond acceptors (Lipinski definition) is 4. The molecule has 1 aliphatic heterocycles. The average Bonchev–Trinajstić information content (AvgIpc) is 1.94. The lowest BCUT2D eigenvalue weighted by Crippen LogP contribution is -2.60. The highest BCUT2D eigenvalue weighted by Gasteiger charge is 2.39. The van der Waals surface area contributed by atoms with Gasteiger partial charge >= 0.3 is 6.09 Å². The van der Waals surface area contributed by atoms with Crippen LogP contribution in [0.1, 0.15) is 20.8 Å². The van der Waals surface area contributed by atoms with Gasteiger partial charge in [-0.2, -0.15) is 12.7 Å². The average molecular weight is 285 g/mol. The molecule has 0 aromatic carbocycles. The van der Waals surface area contributed by atoms with Crippen LogP contribution in [0, 0.1) is 0 Å². The van der Waals surface area contributed by atoms with Crippen molar-refractivity contribution in [3.8, 4) is 0 Å². The van der Waals surface area contributed by atoms with Crippen LogP contribution in [0.5, 0.6) is 0 Å². The fraction of sp³-hybridized carbons (Fsp3) is 0.889. The Kier molecular flexibility index (Phi) is 3.95. The van der Waals surface area contributed by atoms with E-state index in [0.29, 0.717) is 0 Å². The van der Waals surface area contributed by atoms with Gasteiger partial charge < -0.3 is 9.64 Å². The van der Waals surface area contributed by atoms with E-state index in [4.69, 9.17) is 15.4 Å². The molecule has 1 aliphatic rings. The van der Waals surface area contributed by atoms with Crippen LogP contribution in [-0.2, 0) is 14.0 Å². The maximum Gasteiger partial charge on any atom is 0.410 e. The van der Waals surface area contributed by atoms with Crippen LogP contribution in [0.4, 0.5) is 4.79 Å². The third-order valence-corrected chi connectivity index (χ3v) is 3.87. The van der Waals surface area contributed by atoms with Gasteiger partial charge in [0.15, 0.2) is 0 Å². The van der Waals surface area contributed by atoms with Crippen LogP contribution in [0.2, 0.25) is 0 Å². The van der Waals surface area contributed by atoms with Crippen molar-refractivity contribution in [3.05, 3.63) is 0 Å². The molecule has 0 bridgehead atoms. The monoisotopic (exact) mass is 284 g/mol. The molecule has 1 rings (SSSR count). The number of carbonyl (C=O) groups is 1. The van der Waals surface area contributed by atoms with Gasteiger partial charge in [0, 0.05) is 30.8 Å². The number of ether oxygens (including phenoxy) is 1. The summed E-state index contributed by atoms with van der Waals surface area (Å²) in [6.07, 6.45) is -0.464. The van der Waals surface area contributed by atoms with Crippen molar-refractivity contribution in [2.45, 2.75) is 32.4 Å². The Hall–Kier alpha value is -0.530. The molecule has 100 valence electrons. The van der Waals surface area contributed by atoms with Crippen LogP contribution in [-0.4, -0.2) is 55.5 Å². The first-order valence-corrected chi connectivity index (χ1v) is 7.43. The molecule has 0 spiro atoms. The topological polar surface area (TPSA) is 66.9 Å². The molecule has 1 saturated heterocycles. The molecule has 17 heavy (non-hydrogen) atoms. The van der Waals surface area contributed by atoms with Gasteiger partial charge in [0.05, 0.1) is 6.04 Å². The quantitative estimate of drug-likeness (QED) is 0.710. The third-order valence-electron chi connectivity index (χ3n) is 2.37. The molecule has 1 fully saturated rings. The van der Waals surface area contributed by atoms with Crippen molar-refractivity contribution in [2.75, 3.05) is 20.1 Å². The van der Waals surface area contributed by atoms with Gasteiger partial charge in [0.25, 0.3) is 9.24 Å². The van der Waals surface area contributed by atoms with Crippen molar-refractivity contribution >= 4 is 26.0 Å². The van der Waals surface area contributed by atoms with Crippen molar-refractivity contribution in [2.24, 2.45) is 0 Å². The number of halogens is 1. The van der Waals surface area contributed by atoms with Crippen molar-refractivity contribution in [1.29, 1.82) is 0 Å². The van der Waals surface area contributed by atoms with Gasteiger partial charge in [0.1, 0.15) is 5.60 Å². The highest BCUT2D eigenvalue weighted by atomic mass is 35.7. The lowest BCUT2D eigenvalue weighted by Gasteiger charge is -2.41. The molecule has 0 radical (unpaired) electrons. The number of rotatable bonds is 2. The molecule has 0 unspecified atom stereocenters. The Labute approximate surface area is 106 Å². The van der Waals surface area contributed by atoms with E-state index in [2.05, 4.69) is 0 Å². The zero-order chi connectivity index (χ0) is 13.4. The van der Waals surface area contributed by atoms with Crippen molar-refractivity contribution in [3.63, 3.8) is 0 Å². The second-order valence-electron chi connectivity index (χ2n) is 5.00. The summed E-state index contributed by atoms with van der Waals surface area (Å²) in [6.45, 7) is 5.74. The predicted octanol–water partition coefficient (Wildman–Crippen LogP) is 1.02. The van der Waals surface area contributed by atoms with Gasteiger partial charge in [-0.1, -0.05) is 0 Å². The van der Waals surface area contributed by atoms with E-state index in [-0.39, 0.29) is 19.1 Å². The highest BCUT2D eigenvalue weighted by molar-refractivity contribution is 8.11. The fourth-order valence-electron chi connectivity index (χ4n) is 1.32. The number of amides is 1. The van der Waals surface area contributed by atoms with Gasteiger partial charge in [-0.25, -0.2) is 4.79 Å². The maximum absolute atomic E-state index is 11.7. The van der Waals surface area contributed by atoms with Crippen molar-refractivity contribution < 1.29 is 17.9 Å². The Morgan fingerprint density at radius 2 is 1.88 bits per heavy atom. The van der Waals surface area contributed by atoms with Crippen LogP contribution < -0.4 is 0 Å². The smallest absolute Gasteiger partial charge is 0.410 e. The molecule has 0 aromatic rings. The summed E-state index contributed by atoms with van der Waals surface area (Å²) < 4.78 is 28.1. The number of hydrogen-bond donors (Lipinski definition) is 0. The third kappa shape index (κ3) is 4.01. The number of nitrogens with zero attached hydrogens (tertiary/aromatic N) is 2. The molecule has 8 heteroatoms. The standard InChI is InChI=1S/C9H17ClN2O4S/c1-9(2,3)16-8(13)11(4)7-5-12(6-7)17(10,14)15/h7H,5-6H2,1-4H3. The zero-order valence-corrected chi connectivity index (χ0v) is 11.9. The van der Waals surface area contributed by atoms with Crippen LogP contribution in [0.15, 0.2) is 0 Å². The summed E-state index contributed by atoms with van der Waals surface area (Å²) in [7, 11) is 3.07. The lowest BCUT2D eigenvalue weighted by molar-refractivity contribution is 0.00934. The lowest BCUT2D eigenvalue weighted by atomic mass is 10.1. The van der Waals surface area contributed by atoms with E-state index in [0.717, 1.165) is 4.31 Å². The van der Waals surface area contributed by atoms with E-state index in [1.54, 1.807) is 27.8 Å². The number of likely N-dealkylation sites (N-methyl/N-ethyl adjacent to an activating group) is 1. The minimum Gasteiger partial charge on any atom is -0.444 e. The second kappa shape index (κ2) is 4.62. The Bertz CT molecular complexity index is 398. The zero-order valence-electron chi connectivity index (χ0n) is 10.3. The summed E-state index contributed by atoms with van der Waals surface area (Å²) >= 11 is 0. The molecule has 0 aromatic heterocycles. The van der Waals surface area contributed by atoms with E-state index in [1.807, 2.05) is 0 Å². The van der Waals surface area contributed by atoms with Gasteiger partial charge in [-0.05, 0) is 20.8 Å². The van der Waals surface area contributed by atoms with Gasteiger partial charge in [-0.15, -0.1) is 0 Å². The molecular weight excluding hydrogens is 268 g/mol. The largest absolute Gasteiger partial charge is 0.444 e. The normalized spacial score (nSPS) is 18.6. The summed E-state index contributed by atoms with van der Waals surface area (Å²) in [5, 5.41) is 0. The molecule has 0 aliphatic carbocycles. The van der Waals surface area contributed by atoms with E-state index in [1.165, 1.54) is 4.90 Å². The summed E-state index contributed by atoms with van der Waals surface area (Å²) in [6, 6.07) is -0.182. The maximum atomic E-state index is 11.7. The fourth-order valence-corrected chi connectivity index (χ4v) is 2.36. The Balaban J connectivity index is 2.47. The molecule has 0 N–H and O–H groups in total. The molecule has 6 nitrogen and oxygen atoms in total. The van der Waals surface area contributed by atoms with Crippen LogP contribution in [0.25, 0.3) is 0 Å². The van der Waals surface area contributed by atoms with Crippen molar-refractivity contribution in [1.82, 2.24) is 9.21 Å². The molecule has 1 amide bonds. The van der Waals surface area contributed by atoms with E-state index >= 15 is 0 Å². The predicted molar refractivity (Wildman–Crippen MR) is 64.1 cm³/mol.